The molecule has 2 aliphatic rings. The van der Waals surface area contributed by atoms with Gasteiger partial charge in [0.2, 0.25) is 0 Å². The second kappa shape index (κ2) is 9.82. The van der Waals surface area contributed by atoms with Crippen molar-refractivity contribution >= 4 is 34.9 Å². The standard InChI is InChI=1S/C24H25Cl2N5O3/c25-18-2-1-3-19(26)21(18)22-17(23(34-30-22)14-4-5-14)13-33-16-8-10-31(11-9-16)20-7-6-15(12-28-20)24(27)29-32/h1-3,6-7,12,14,16,32H,4-5,8-11,13H2,(H2,27,29). The smallest absolute Gasteiger partial charge is 0.171 e. The molecule has 0 spiro atoms. The molecule has 3 heterocycles. The summed E-state index contributed by atoms with van der Waals surface area (Å²) >= 11 is 12.9. The number of ether oxygens (including phenoxy) is 1. The van der Waals surface area contributed by atoms with Crippen molar-refractivity contribution in [2.24, 2.45) is 10.9 Å². The summed E-state index contributed by atoms with van der Waals surface area (Å²) in [5.74, 6) is 2.18. The van der Waals surface area contributed by atoms with Crippen molar-refractivity contribution in [1.29, 1.82) is 0 Å². The summed E-state index contributed by atoms with van der Waals surface area (Å²) < 4.78 is 12.1. The summed E-state index contributed by atoms with van der Waals surface area (Å²) in [6, 6.07) is 9.11. The lowest BCUT2D eigenvalue weighted by Crippen LogP contribution is -2.37. The Morgan fingerprint density at radius 2 is 1.88 bits per heavy atom. The van der Waals surface area contributed by atoms with Gasteiger partial charge in [0.1, 0.15) is 17.3 Å². The van der Waals surface area contributed by atoms with Gasteiger partial charge >= 0.3 is 0 Å². The average molecular weight is 502 g/mol. The Labute approximate surface area is 207 Å². The van der Waals surface area contributed by atoms with Gasteiger partial charge in [0.25, 0.3) is 0 Å². The largest absolute Gasteiger partial charge is 0.409 e. The van der Waals surface area contributed by atoms with Gasteiger partial charge in [-0.05, 0) is 49.9 Å². The van der Waals surface area contributed by atoms with E-state index in [0.29, 0.717) is 39.4 Å². The number of anilines is 1. The highest BCUT2D eigenvalue weighted by Gasteiger charge is 2.34. The number of hydrogen-bond donors (Lipinski definition) is 2. The predicted octanol–water partition coefficient (Wildman–Crippen LogP) is 5.20. The van der Waals surface area contributed by atoms with E-state index in [0.717, 1.165) is 55.9 Å². The quantitative estimate of drug-likeness (QED) is 0.198. The molecule has 1 aromatic carbocycles. The first kappa shape index (κ1) is 23.0. The molecule has 1 aliphatic carbocycles. The number of rotatable bonds is 7. The van der Waals surface area contributed by atoms with E-state index in [9.17, 15) is 0 Å². The summed E-state index contributed by atoms with van der Waals surface area (Å²) in [4.78, 5) is 6.66. The van der Waals surface area contributed by atoms with Crippen LogP contribution >= 0.6 is 23.2 Å². The maximum atomic E-state index is 8.80. The van der Waals surface area contributed by atoms with Crippen molar-refractivity contribution in [1.82, 2.24) is 10.1 Å². The van der Waals surface area contributed by atoms with E-state index in [1.807, 2.05) is 12.1 Å². The molecule has 0 bridgehead atoms. The third-order valence-corrected chi connectivity index (χ3v) is 6.98. The number of aromatic nitrogens is 2. The zero-order valence-electron chi connectivity index (χ0n) is 18.5. The van der Waals surface area contributed by atoms with Gasteiger partial charge < -0.3 is 25.1 Å². The van der Waals surface area contributed by atoms with Gasteiger partial charge in [0, 0.05) is 41.9 Å². The van der Waals surface area contributed by atoms with Gasteiger partial charge in [-0.15, -0.1) is 0 Å². The molecular weight excluding hydrogens is 477 g/mol. The van der Waals surface area contributed by atoms with Crippen LogP contribution in [0.1, 0.15) is 48.5 Å². The first-order chi connectivity index (χ1) is 16.5. The molecule has 0 amide bonds. The number of nitrogens with zero attached hydrogens (tertiary/aromatic N) is 4. The summed E-state index contributed by atoms with van der Waals surface area (Å²) in [5.41, 5.74) is 8.51. The highest BCUT2D eigenvalue weighted by molar-refractivity contribution is 6.39. The number of amidine groups is 1. The Hall–Kier alpha value is -2.81. The molecule has 1 saturated carbocycles. The third kappa shape index (κ3) is 4.71. The van der Waals surface area contributed by atoms with Gasteiger partial charge in [0.05, 0.1) is 22.8 Å². The van der Waals surface area contributed by atoms with Crippen LogP contribution in [0.4, 0.5) is 5.82 Å². The minimum Gasteiger partial charge on any atom is -0.409 e. The fourth-order valence-electron chi connectivity index (χ4n) is 4.28. The molecule has 178 valence electrons. The average Bonchev–Trinajstić information content (AvgIpc) is 3.63. The Morgan fingerprint density at radius 3 is 2.50 bits per heavy atom. The maximum absolute atomic E-state index is 8.80. The van der Waals surface area contributed by atoms with Crippen LogP contribution in [0.15, 0.2) is 46.2 Å². The topological polar surface area (TPSA) is 110 Å². The third-order valence-electron chi connectivity index (χ3n) is 6.35. The molecule has 34 heavy (non-hydrogen) atoms. The lowest BCUT2D eigenvalue weighted by atomic mass is 10.0. The summed E-state index contributed by atoms with van der Waals surface area (Å²) in [5, 5.41) is 17.2. The van der Waals surface area contributed by atoms with Crippen molar-refractivity contribution < 1.29 is 14.5 Å². The van der Waals surface area contributed by atoms with E-state index < -0.39 is 0 Å². The molecule has 5 rings (SSSR count). The zero-order chi connectivity index (χ0) is 23.7. The lowest BCUT2D eigenvalue weighted by Gasteiger charge is -2.32. The Bertz CT molecular complexity index is 1170. The van der Waals surface area contributed by atoms with Crippen molar-refractivity contribution in [3.05, 3.63) is 63.5 Å². The molecule has 0 unspecified atom stereocenters. The fourth-order valence-corrected chi connectivity index (χ4v) is 4.86. The summed E-state index contributed by atoms with van der Waals surface area (Å²) in [6.45, 7) is 2.05. The van der Waals surface area contributed by atoms with Crippen LogP contribution in [0, 0.1) is 0 Å². The molecule has 2 aromatic heterocycles. The second-order valence-electron chi connectivity index (χ2n) is 8.63. The van der Waals surface area contributed by atoms with Gasteiger partial charge in [-0.2, -0.15) is 0 Å². The Balaban J connectivity index is 1.25. The monoisotopic (exact) mass is 501 g/mol. The minimum absolute atomic E-state index is 0.0444. The number of nitrogens with two attached hydrogens (primary N) is 1. The molecule has 0 radical (unpaired) electrons. The minimum atomic E-state index is 0.0444. The Kier molecular flexibility index (Phi) is 6.63. The van der Waals surface area contributed by atoms with Gasteiger partial charge in [-0.1, -0.05) is 39.6 Å². The van der Waals surface area contributed by atoms with Crippen LogP contribution in [-0.2, 0) is 11.3 Å². The van der Waals surface area contributed by atoms with Crippen LogP contribution in [0.3, 0.4) is 0 Å². The SMILES string of the molecule is N/C(=N\O)c1ccc(N2CCC(OCc3c(-c4c(Cl)cccc4Cl)noc3C3CC3)CC2)nc1. The lowest BCUT2D eigenvalue weighted by molar-refractivity contribution is 0.0245. The van der Waals surface area contributed by atoms with Crippen LogP contribution in [-0.4, -0.2) is 40.4 Å². The van der Waals surface area contributed by atoms with E-state index in [-0.39, 0.29) is 11.9 Å². The van der Waals surface area contributed by atoms with Gasteiger partial charge in [-0.3, -0.25) is 0 Å². The van der Waals surface area contributed by atoms with Crippen LogP contribution in [0.5, 0.6) is 0 Å². The molecular formula is C24H25Cl2N5O3. The molecule has 3 aromatic rings. The van der Waals surface area contributed by atoms with Crippen LogP contribution in [0.25, 0.3) is 11.3 Å². The van der Waals surface area contributed by atoms with Crippen molar-refractivity contribution in [2.45, 2.75) is 44.3 Å². The van der Waals surface area contributed by atoms with Crippen LogP contribution < -0.4 is 10.6 Å². The first-order valence-corrected chi connectivity index (χ1v) is 12.0. The number of halogens is 2. The number of benzene rings is 1. The van der Waals surface area contributed by atoms with Crippen molar-refractivity contribution in [3.63, 3.8) is 0 Å². The second-order valence-corrected chi connectivity index (χ2v) is 9.45. The van der Waals surface area contributed by atoms with Crippen molar-refractivity contribution in [3.8, 4) is 11.3 Å². The highest BCUT2D eigenvalue weighted by atomic mass is 35.5. The molecule has 0 atom stereocenters. The number of pyridine rings is 1. The molecule has 8 nitrogen and oxygen atoms in total. The fraction of sp³-hybridized carbons (Fsp3) is 0.375. The summed E-state index contributed by atoms with van der Waals surface area (Å²) in [7, 11) is 0. The molecule has 10 heteroatoms. The molecule has 1 saturated heterocycles. The number of oxime groups is 1. The van der Waals surface area contributed by atoms with Crippen molar-refractivity contribution in [2.75, 3.05) is 18.0 Å². The molecule has 3 N–H and O–H groups in total. The van der Waals surface area contributed by atoms with E-state index >= 15 is 0 Å². The number of piperidine rings is 1. The molecule has 1 aliphatic heterocycles. The summed E-state index contributed by atoms with van der Waals surface area (Å²) in [6.07, 6.45) is 5.66. The normalized spacial score (nSPS) is 17.4. The van der Waals surface area contributed by atoms with E-state index in [2.05, 4.69) is 20.2 Å². The first-order valence-electron chi connectivity index (χ1n) is 11.3. The van der Waals surface area contributed by atoms with Gasteiger partial charge in [-0.25, -0.2) is 4.98 Å². The van der Waals surface area contributed by atoms with E-state index in [4.69, 9.17) is 43.4 Å². The number of hydrogen-bond acceptors (Lipinski definition) is 7. The van der Waals surface area contributed by atoms with E-state index in [1.54, 1.807) is 24.4 Å². The zero-order valence-corrected chi connectivity index (χ0v) is 20.0. The highest BCUT2D eigenvalue weighted by Crippen LogP contribution is 2.46. The van der Waals surface area contributed by atoms with E-state index in [1.165, 1.54) is 0 Å². The molecule has 2 fully saturated rings. The maximum Gasteiger partial charge on any atom is 0.171 e. The Morgan fingerprint density at radius 1 is 1.15 bits per heavy atom. The van der Waals surface area contributed by atoms with Gasteiger partial charge in [0.15, 0.2) is 5.84 Å². The van der Waals surface area contributed by atoms with Crippen LogP contribution in [0.2, 0.25) is 10.0 Å². The predicted molar refractivity (Wildman–Crippen MR) is 131 cm³/mol.